The van der Waals surface area contributed by atoms with Crippen LogP contribution in [0.4, 0.5) is 10.9 Å². The van der Waals surface area contributed by atoms with Crippen LogP contribution < -0.4 is 31.5 Å². The van der Waals surface area contributed by atoms with E-state index in [2.05, 4.69) is 30.2 Å². The van der Waals surface area contributed by atoms with Gasteiger partial charge in [-0.25, -0.2) is 18.2 Å². The van der Waals surface area contributed by atoms with Crippen LogP contribution in [0.2, 0.25) is 0 Å². The Morgan fingerprint density at radius 2 is 1.96 bits per heavy atom. The molecule has 258 valence electrons. The molecule has 48 heavy (non-hydrogen) atoms. The topological polar surface area (TPSA) is 278 Å². The summed E-state index contributed by atoms with van der Waals surface area (Å²) in [5.74, 6) is -2.41. The van der Waals surface area contributed by atoms with Gasteiger partial charge in [-0.05, 0) is 57.1 Å². The molecule has 1 unspecified atom stereocenters. The zero-order chi connectivity index (χ0) is 35.2. The fourth-order valence-electron chi connectivity index (χ4n) is 4.33. The number of ether oxygens (including phenoxy) is 1. The average Bonchev–Trinajstić information content (AvgIpc) is 3.46. The number of aromatic nitrogens is 3. The average molecular weight is 708 g/mol. The van der Waals surface area contributed by atoms with E-state index in [1.165, 1.54) is 19.2 Å². The van der Waals surface area contributed by atoms with Crippen molar-refractivity contribution in [2.45, 2.75) is 38.0 Å². The van der Waals surface area contributed by atoms with Crippen LogP contribution in [0.25, 0.3) is 11.3 Å². The van der Waals surface area contributed by atoms with Crippen molar-refractivity contribution in [2.24, 2.45) is 17.9 Å². The van der Waals surface area contributed by atoms with Gasteiger partial charge in [0.2, 0.25) is 10.4 Å². The second kappa shape index (κ2) is 14.9. The van der Waals surface area contributed by atoms with Crippen LogP contribution in [-0.4, -0.2) is 94.1 Å². The fourth-order valence-corrected chi connectivity index (χ4v) is 5.33. The molecule has 21 heteroatoms. The van der Waals surface area contributed by atoms with Gasteiger partial charge in [0.05, 0.1) is 12.1 Å². The highest BCUT2D eigenvalue weighted by Crippen LogP contribution is 2.33. The minimum atomic E-state index is -5.27. The third-order valence-electron chi connectivity index (χ3n) is 6.89. The second-order valence-corrected chi connectivity index (χ2v) is 12.6. The summed E-state index contributed by atoms with van der Waals surface area (Å²) < 4.78 is 44.4. The number of hydrogen-bond acceptors (Lipinski definition) is 16. The maximum absolute atomic E-state index is 13.2. The van der Waals surface area contributed by atoms with Crippen molar-refractivity contribution < 1.29 is 51.0 Å². The lowest BCUT2D eigenvalue weighted by molar-refractivity contribution is -0.716. The monoisotopic (exact) mass is 707 g/mol. The number of carbonyl (C=O) groups excluding carboxylic acids is 2. The molecule has 1 aliphatic rings. The van der Waals surface area contributed by atoms with E-state index in [1.807, 2.05) is 12.1 Å². The van der Waals surface area contributed by atoms with Crippen LogP contribution in [0.3, 0.4) is 0 Å². The van der Waals surface area contributed by atoms with E-state index in [0.717, 1.165) is 29.1 Å². The standard InChI is InChI=1S/C27H33N9O10S2/c1-27(2)22(24(38)36(27)46-48(41,42)43)32-23(37)21(18-14-47-26(29)31-18)34-45-19(25(39)40)13-44-16-7-5-15(6-8-16)17-9-10-20(35(3)33-17)30-12-4-11-28/h5-10,14,19,22H,4,11-13,28H2,1-3H3,(H5,29,31,32,37,39,40,41,42,43)/b34-21-/t19-,22?/m0/s1. The highest BCUT2D eigenvalue weighted by atomic mass is 32.3. The number of carbonyl (C=O) groups is 3. The lowest BCUT2D eigenvalue weighted by atomic mass is 9.84. The van der Waals surface area contributed by atoms with Crippen LogP contribution in [0.1, 0.15) is 26.0 Å². The quantitative estimate of drug-likeness (QED) is 0.0230. The van der Waals surface area contributed by atoms with E-state index < -0.39 is 58.2 Å². The number of thiazole rings is 1. The predicted molar refractivity (Wildman–Crippen MR) is 168 cm³/mol. The lowest BCUT2D eigenvalue weighted by Crippen LogP contribution is -2.76. The van der Waals surface area contributed by atoms with Gasteiger partial charge in [-0.3, -0.25) is 14.9 Å². The zero-order valence-electron chi connectivity index (χ0n) is 25.9. The number of carboxylic acid groups (broad SMARTS) is 1. The number of hydrogen-bond donors (Lipinski definition) is 5. The van der Waals surface area contributed by atoms with E-state index in [0.29, 0.717) is 29.6 Å². The van der Waals surface area contributed by atoms with Gasteiger partial charge >= 0.3 is 5.97 Å². The number of aliphatic carboxylic acids is 1. The molecule has 0 saturated carbocycles. The Bertz CT molecular complexity index is 1800. The Balaban J connectivity index is 1.43. The molecule has 1 fully saturated rings. The molecule has 3 heterocycles. The van der Waals surface area contributed by atoms with E-state index in [-0.39, 0.29) is 10.8 Å². The molecule has 7 N–H and O–H groups in total. The predicted octanol–water partition coefficient (Wildman–Crippen LogP) is -0.877. The molecule has 1 saturated heterocycles. The SMILES string of the molecule is C[n+]1nc(-c2ccc(OC[C@H](O/N=C(\C(=O)NC3C(=O)N(OS(=O)(=O)[O-])C3(C)C)c3csc(N)n3)C(=O)O)cc2)ccc1NCCCN. The van der Waals surface area contributed by atoms with Crippen LogP contribution in [0.15, 0.2) is 46.9 Å². The minimum absolute atomic E-state index is 0.0476. The number of anilines is 2. The summed E-state index contributed by atoms with van der Waals surface area (Å²) in [6, 6.07) is 9.10. The fraction of sp³-hybridized carbons (Fsp3) is 0.370. The number of nitrogens with one attached hydrogen (secondary N) is 2. The smallest absolute Gasteiger partial charge is 0.351 e. The number of oxime groups is 1. The molecule has 1 aliphatic heterocycles. The molecule has 3 aromatic rings. The summed E-state index contributed by atoms with van der Waals surface area (Å²) in [4.78, 5) is 46.8. The first-order chi connectivity index (χ1) is 22.6. The molecular weight excluding hydrogens is 674 g/mol. The Hall–Kier alpha value is -4.96. The number of rotatable bonds is 16. The Morgan fingerprint density at radius 1 is 1.25 bits per heavy atom. The molecule has 19 nitrogen and oxygen atoms in total. The lowest BCUT2D eigenvalue weighted by Gasteiger charge is -2.51. The summed E-state index contributed by atoms with van der Waals surface area (Å²) in [7, 11) is -3.46. The third kappa shape index (κ3) is 8.68. The van der Waals surface area contributed by atoms with Gasteiger partial charge in [-0.2, -0.15) is 9.35 Å². The molecular formula is C27H33N9O10S2. The van der Waals surface area contributed by atoms with E-state index in [1.54, 1.807) is 36.0 Å². The molecule has 2 amide bonds. The third-order valence-corrected chi connectivity index (χ3v) is 7.89. The van der Waals surface area contributed by atoms with Crippen molar-refractivity contribution in [1.29, 1.82) is 0 Å². The van der Waals surface area contributed by atoms with E-state index >= 15 is 0 Å². The van der Waals surface area contributed by atoms with E-state index in [4.69, 9.17) is 21.0 Å². The normalized spacial score (nSPS) is 16.5. The van der Waals surface area contributed by atoms with Crippen LogP contribution in [0, 0.1) is 0 Å². The molecule has 0 spiro atoms. The summed E-state index contributed by atoms with van der Waals surface area (Å²) >= 11 is 0.948. The first-order valence-corrected chi connectivity index (χ1v) is 16.3. The van der Waals surface area contributed by atoms with Gasteiger partial charge in [0.15, 0.2) is 10.8 Å². The highest BCUT2D eigenvalue weighted by Gasteiger charge is 2.57. The van der Waals surface area contributed by atoms with Crippen LogP contribution >= 0.6 is 11.3 Å². The van der Waals surface area contributed by atoms with Crippen molar-refractivity contribution >= 4 is 56.2 Å². The van der Waals surface area contributed by atoms with Gasteiger partial charge in [0.1, 0.15) is 36.8 Å². The van der Waals surface area contributed by atoms with Crippen molar-refractivity contribution in [3.05, 3.63) is 47.5 Å². The first-order valence-electron chi connectivity index (χ1n) is 14.1. The zero-order valence-corrected chi connectivity index (χ0v) is 27.5. The summed E-state index contributed by atoms with van der Waals surface area (Å²) in [6.07, 6.45) is -0.879. The Kier molecular flexibility index (Phi) is 11.1. The number of amides is 2. The molecule has 2 atom stereocenters. The van der Waals surface area contributed by atoms with Crippen molar-refractivity contribution in [3.8, 4) is 17.0 Å². The number of benzene rings is 1. The molecule has 1 aromatic carbocycles. The number of β-lactam (4-membered cyclic amide) rings is 1. The summed E-state index contributed by atoms with van der Waals surface area (Å²) in [5, 5.41) is 25.3. The Morgan fingerprint density at radius 3 is 2.52 bits per heavy atom. The maximum Gasteiger partial charge on any atom is 0.351 e. The van der Waals surface area contributed by atoms with Crippen molar-refractivity contribution in [3.63, 3.8) is 0 Å². The number of nitrogens with zero attached hydrogens (tertiary/aromatic N) is 5. The van der Waals surface area contributed by atoms with Gasteiger partial charge in [-0.15, -0.1) is 16.0 Å². The highest BCUT2D eigenvalue weighted by molar-refractivity contribution is 7.80. The number of nitrogens with two attached hydrogens (primary N) is 2. The number of nitrogen functional groups attached to an aromatic ring is 1. The number of aryl methyl sites for hydroxylation is 1. The molecule has 0 aliphatic carbocycles. The summed E-state index contributed by atoms with van der Waals surface area (Å²) in [5.41, 5.74) is 10.6. The molecule has 0 bridgehead atoms. The number of hydroxylamine groups is 2. The Labute approximate surface area is 278 Å². The van der Waals surface area contributed by atoms with Gasteiger partial charge in [0, 0.05) is 17.0 Å². The first kappa shape index (κ1) is 35.9. The van der Waals surface area contributed by atoms with Crippen molar-refractivity contribution in [2.75, 3.05) is 30.7 Å². The van der Waals surface area contributed by atoms with Crippen molar-refractivity contribution in [1.82, 2.24) is 20.5 Å². The van der Waals surface area contributed by atoms with Gasteiger partial charge in [-0.1, -0.05) is 10.3 Å². The maximum atomic E-state index is 13.2. The van der Waals surface area contributed by atoms with E-state index in [9.17, 15) is 32.5 Å². The summed E-state index contributed by atoms with van der Waals surface area (Å²) in [6.45, 7) is 3.43. The number of carboxylic acids is 1. The van der Waals surface area contributed by atoms with Crippen LogP contribution in [-0.2, 0) is 41.0 Å². The van der Waals surface area contributed by atoms with Gasteiger partial charge < -0.3 is 36.0 Å². The molecule has 2 aromatic heterocycles. The largest absolute Gasteiger partial charge is 0.724 e. The van der Waals surface area contributed by atoms with Gasteiger partial charge in [0.25, 0.3) is 23.7 Å². The molecule has 4 rings (SSSR count). The van der Waals surface area contributed by atoms with Crippen LogP contribution in [0.5, 0.6) is 5.75 Å². The minimum Gasteiger partial charge on any atom is -0.724 e. The second-order valence-electron chi connectivity index (χ2n) is 10.8. The molecule has 0 radical (unpaired) electrons.